The molecule has 0 bridgehead atoms. The van der Waals surface area contributed by atoms with Crippen LogP contribution < -0.4 is 5.32 Å². The summed E-state index contributed by atoms with van der Waals surface area (Å²) in [5, 5.41) is 3.36. The molecule has 1 aromatic heterocycles. The minimum Gasteiger partial charge on any atom is -0.357 e. The number of aromatic nitrogens is 1. The molecule has 0 aliphatic carbocycles. The van der Waals surface area contributed by atoms with Crippen molar-refractivity contribution in [1.82, 2.24) is 15.2 Å². The maximum absolute atomic E-state index is 4.72. The second-order valence-corrected chi connectivity index (χ2v) is 5.72. The van der Waals surface area contributed by atoms with Gasteiger partial charge in [0.15, 0.2) is 5.96 Å². The van der Waals surface area contributed by atoms with Crippen molar-refractivity contribution in [2.24, 2.45) is 4.99 Å². The molecule has 0 unspecified atom stereocenters. The third kappa shape index (κ3) is 6.11. The van der Waals surface area contributed by atoms with Gasteiger partial charge >= 0.3 is 0 Å². The van der Waals surface area contributed by atoms with Crippen LogP contribution in [-0.2, 0) is 13.1 Å². The summed E-state index contributed by atoms with van der Waals surface area (Å²) in [6.45, 7) is 8.49. The predicted octanol–water partition coefficient (Wildman–Crippen LogP) is 3.91. The number of hydrogen-bond acceptors (Lipinski definition) is 2. The van der Waals surface area contributed by atoms with E-state index in [-0.39, 0.29) is 24.0 Å². The fourth-order valence-corrected chi connectivity index (χ4v) is 2.43. The first kappa shape index (κ1) is 20.4. The van der Waals surface area contributed by atoms with Crippen LogP contribution in [0.25, 0.3) is 0 Å². The van der Waals surface area contributed by atoms with Crippen molar-refractivity contribution >= 4 is 29.9 Å². The summed E-state index contributed by atoms with van der Waals surface area (Å²) in [5.74, 6) is 0.902. The van der Waals surface area contributed by atoms with Crippen molar-refractivity contribution in [3.8, 4) is 0 Å². The highest BCUT2D eigenvalue weighted by Gasteiger charge is 2.08. The highest BCUT2D eigenvalue weighted by molar-refractivity contribution is 14.0. The topological polar surface area (TPSA) is 40.5 Å². The molecule has 0 amide bonds. The standard InChI is InChI=1S/C19H26N4.HI/c1-5-20-19(21-13-18-12-8-10-16(3)22-18)23(4)14-17-11-7-6-9-15(17)2;/h6-12H,5,13-14H2,1-4H3,(H,20,21);1H. The van der Waals surface area contributed by atoms with Crippen LogP contribution in [0.2, 0.25) is 0 Å². The Morgan fingerprint density at radius 1 is 1.12 bits per heavy atom. The highest BCUT2D eigenvalue weighted by atomic mass is 127. The number of benzene rings is 1. The Balaban J connectivity index is 0.00000288. The van der Waals surface area contributed by atoms with Gasteiger partial charge in [-0.15, -0.1) is 24.0 Å². The number of nitrogens with one attached hydrogen (secondary N) is 1. The van der Waals surface area contributed by atoms with Crippen molar-refractivity contribution in [3.63, 3.8) is 0 Å². The van der Waals surface area contributed by atoms with E-state index in [4.69, 9.17) is 4.99 Å². The summed E-state index contributed by atoms with van der Waals surface area (Å²) in [5.41, 5.74) is 4.63. The number of aryl methyl sites for hydroxylation is 2. The third-order valence-electron chi connectivity index (χ3n) is 3.70. The molecule has 2 rings (SSSR count). The Morgan fingerprint density at radius 2 is 1.88 bits per heavy atom. The second kappa shape index (κ2) is 10.3. The minimum absolute atomic E-state index is 0. The highest BCUT2D eigenvalue weighted by Crippen LogP contribution is 2.10. The summed E-state index contributed by atoms with van der Waals surface area (Å²) in [6.07, 6.45) is 0. The molecule has 0 saturated heterocycles. The first-order valence-electron chi connectivity index (χ1n) is 8.06. The van der Waals surface area contributed by atoms with Crippen molar-refractivity contribution in [2.45, 2.75) is 33.9 Å². The van der Waals surface area contributed by atoms with Crippen LogP contribution >= 0.6 is 24.0 Å². The molecule has 0 fully saturated rings. The molecule has 1 N–H and O–H groups in total. The Bertz CT molecular complexity index is 670. The number of nitrogens with zero attached hydrogens (tertiary/aromatic N) is 3. The molecule has 0 atom stereocenters. The van der Waals surface area contributed by atoms with Crippen LogP contribution in [-0.4, -0.2) is 29.4 Å². The first-order chi connectivity index (χ1) is 11.1. The van der Waals surface area contributed by atoms with E-state index < -0.39 is 0 Å². The Labute approximate surface area is 162 Å². The molecule has 4 nitrogen and oxygen atoms in total. The second-order valence-electron chi connectivity index (χ2n) is 5.72. The van der Waals surface area contributed by atoms with E-state index in [2.05, 4.69) is 60.4 Å². The molecule has 0 spiro atoms. The molecule has 2 aromatic rings. The van der Waals surface area contributed by atoms with Crippen molar-refractivity contribution in [3.05, 3.63) is 65.0 Å². The number of pyridine rings is 1. The van der Waals surface area contributed by atoms with Gasteiger partial charge in [0, 0.05) is 25.8 Å². The SMILES string of the molecule is CCNC(=NCc1cccc(C)n1)N(C)Cc1ccccc1C.I. The molecule has 130 valence electrons. The zero-order chi connectivity index (χ0) is 16.7. The average Bonchev–Trinajstić information content (AvgIpc) is 2.53. The van der Waals surface area contributed by atoms with Gasteiger partial charge in [0.05, 0.1) is 12.2 Å². The molecule has 0 aliphatic heterocycles. The predicted molar refractivity (Wildman–Crippen MR) is 112 cm³/mol. The largest absolute Gasteiger partial charge is 0.357 e. The molecule has 1 heterocycles. The molecular formula is C19H27IN4. The van der Waals surface area contributed by atoms with Gasteiger partial charge in [0.2, 0.25) is 0 Å². The lowest BCUT2D eigenvalue weighted by molar-refractivity contribution is 0.475. The van der Waals surface area contributed by atoms with Crippen molar-refractivity contribution in [2.75, 3.05) is 13.6 Å². The quantitative estimate of drug-likeness (QED) is 0.437. The van der Waals surface area contributed by atoms with Gasteiger partial charge < -0.3 is 10.2 Å². The van der Waals surface area contributed by atoms with Gasteiger partial charge in [-0.3, -0.25) is 4.98 Å². The van der Waals surface area contributed by atoms with E-state index >= 15 is 0 Å². The zero-order valence-corrected chi connectivity index (χ0v) is 17.2. The maximum atomic E-state index is 4.72. The summed E-state index contributed by atoms with van der Waals surface area (Å²) in [7, 11) is 2.07. The molecule has 1 aromatic carbocycles. The smallest absolute Gasteiger partial charge is 0.194 e. The van der Waals surface area contributed by atoms with E-state index in [1.165, 1.54) is 11.1 Å². The Hall–Kier alpha value is -1.63. The number of rotatable bonds is 5. The van der Waals surface area contributed by atoms with Gasteiger partial charge in [-0.1, -0.05) is 30.3 Å². The van der Waals surface area contributed by atoms with Gasteiger partial charge in [-0.2, -0.15) is 0 Å². The maximum Gasteiger partial charge on any atom is 0.194 e. The van der Waals surface area contributed by atoms with Gasteiger partial charge in [-0.25, -0.2) is 4.99 Å². The average molecular weight is 438 g/mol. The van der Waals surface area contributed by atoms with Gasteiger partial charge in [-0.05, 0) is 44.0 Å². The van der Waals surface area contributed by atoms with Crippen LogP contribution in [0.5, 0.6) is 0 Å². The first-order valence-corrected chi connectivity index (χ1v) is 8.06. The van der Waals surface area contributed by atoms with Crippen molar-refractivity contribution in [1.29, 1.82) is 0 Å². The normalized spacial score (nSPS) is 10.9. The van der Waals surface area contributed by atoms with Crippen LogP contribution in [0, 0.1) is 13.8 Å². The minimum atomic E-state index is 0. The van der Waals surface area contributed by atoms with E-state index in [9.17, 15) is 0 Å². The van der Waals surface area contributed by atoms with Crippen LogP contribution in [0.3, 0.4) is 0 Å². The third-order valence-corrected chi connectivity index (χ3v) is 3.70. The fourth-order valence-electron chi connectivity index (χ4n) is 2.43. The summed E-state index contributed by atoms with van der Waals surface area (Å²) in [4.78, 5) is 11.4. The van der Waals surface area contributed by atoms with E-state index in [0.717, 1.165) is 30.4 Å². The molecule has 5 heteroatoms. The Kier molecular flexibility index (Phi) is 8.74. The van der Waals surface area contributed by atoms with Crippen LogP contribution in [0.4, 0.5) is 0 Å². The van der Waals surface area contributed by atoms with E-state index in [1.807, 2.05) is 25.1 Å². The van der Waals surface area contributed by atoms with Crippen LogP contribution in [0.1, 0.15) is 29.4 Å². The number of guanidine groups is 1. The monoisotopic (exact) mass is 438 g/mol. The lowest BCUT2D eigenvalue weighted by atomic mass is 10.1. The zero-order valence-electron chi connectivity index (χ0n) is 14.9. The van der Waals surface area contributed by atoms with Crippen LogP contribution in [0.15, 0.2) is 47.5 Å². The molecule has 0 saturated carbocycles. The summed E-state index contributed by atoms with van der Waals surface area (Å²) in [6, 6.07) is 14.5. The van der Waals surface area contributed by atoms with E-state index in [0.29, 0.717) is 6.54 Å². The Morgan fingerprint density at radius 3 is 2.54 bits per heavy atom. The number of hydrogen-bond donors (Lipinski definition) is 1. The van der Waals surface area contributed by atoms with Gasteiger partial charge in [0.25, 0.3) is 0 Å². The lowest BCUT2D eigenvalue weighted by Gasteiger charge is -2.23. The molecule has 0 aliphatic rings. The van der Waals surface area contributed by atoms with E-state index in [1.54, 1.807) is 0 Å². The molecular weight excluding hydrogens is 411 g/mol. The molecule has 24 heavy (non-hydrogen) atoms. The lowest BCUT2D eigenvalue weighted by Crippen LogP contribution is -2.38. The number of aliphatic imine (C=N–C) groups is 1. The molecule has 0 radical (unpaired) electrons. The summed E-state index contributed by atoms with van der Waals surface area (Å²) < 4.78 is 0. The van der Waals surface area contributed by atoms with Crippen molar-refractivity contribution < 1.29 is 0 Å². The van der Waals surface area contributed by atoms with Gasteiger partial charge in [0.1, 0.15) is 0 Å². The summed E-state index contributed by atoms with van der Waals surface area (Å²) >= 11 is 0. The number of halogens is 1. The fraction of sp³-hybridized carbons (Fsp3) is 0.368.